The summed E-state index contributed by atoms with van der Waals surface area (Å²) in [7, 11) is 1.78. The van der Waals surface area contributed by atoms with Gasteiger partial charge in [-0.25, -0.2) is 0 Å². The number of nitrogens with one attached hydrogen (secondary N) is 1. The lowest BCUT2D eigenvalue weighted by molar-refractivity contribution is 0.101. The van der Waals surface area contributed by atoms with Crippen LogP contribution in [-0.4, -0.2) is 15.7 Å². The average molecular weight is 322 g/mol. The first-order valence-corrected chi connectivity index (χ1v) is 7.26. The van der Waals surface area contributed by atoms with Crippen LogP contribution in [0.5, 0.6) is 0 Å². The first-order valence-electron chi connectivity index (χ1n) is 6.13. The summed E-state index contributed by atoms with van der Waals surface area (Å²) in [6, 6.07) is 9.55. The number of benzene rings is 1. The number of halogens is 1. The number of rotatable bonds is 4. The Labute approximate surface area is 120 Å². The molecule has 0 aliphatic carbocycles. The zero-order valence-electron chi connectivity index (χ0n) is 11.0. The maximum atomic E-state index is 12.2. The quantitative estimate of drug-likeness (QED) is 0.879. The monoisotopic (exact) mass is 321 g/mol. The zero-order chi connectivity index (χ0) is 13.8. The Morgan fingerprint density at radius 3 is 2.79 bits per heavy atom. The third kappa shape index (κ3) is 3.04. The first kappa shape index (κ1) is 13.8. The molecule has 1 N–H and O–H groups in total. The molecule has 2 aromatic rings. The van der Waals surface area contributed by atoms with Gasteiger partial charge in [-0.3, -0.25) is 9.48 Å². The highest BCUT2D eigenvalue weighted by molar-refractivity contribution is 9.08. The van der Waals surface area contributed by atoms with Crippen LogP contribution in [0.1, 0.15) is 28.7 Å². The largest absolute Gasteiger partial charge is 0.320 e. The molecule has 0 atom stereocenters. The van der Waals surface area contributed by atoms with Crippen molar-refractivity contribution in [2.24, 2.45) is 7.05 Å². The molecule has 1 aromatic carbocycles. The van der Waals surface area contributed by atoms with Crippen molar-refractivity contribution >= 4 is 27.5 Å². The number of carbonyl (C=O) groups excluding carboxylic acids is 1. The van der Waals surface area contributed by atoms with Gasteiger partial charge >= 0.3 is 0 Å². The summed E-state index contributed by atoms with van der Waals surface area (Å²) < 4.78 is 1.62. The highest BCUT2D eigenvalue weighted by Crippen LogP contribution is 2.19. The van der Waals surface area contributed by atoms with Crippen LogP contribution in [0.15, 0.2) is 30.3 Å². The van der Waals surface area contributed by atoms with E-state index < -0.39 is 0 Å². The molecule has 0 aliphatic heterocycles. The Bertz CT molecular complexity index is 592. The summed E-state index contributed by atoms with van der Waals surface area (Å²) in [6.07, 6.45) is 0.819. The van der Waals surface area contributed by atoms with Crippen LogP contribution in [0, 0.1) is 0 Å². The molecule has 1 heterocycles. The van der Waals surface area contributed by atoms with Gasteiger partial charge in [-0.05, 0) is 24.1 Å². The topological polar surface area (TPSA) is 46.9 Å². The Kier molecular flexibility index (Phi) is 4.37. The number of aryl methyl sites for hydroxylation is 2. The van der Waals surface area contributed by atoms with Crippen molar-refractivity contribution in [1.82, 2.24) is 9.78 Å². The van der Waals surface area contributed by atoms with Gasteiger partial charge in [-0.15, -0.1) is 0 Å². The molecule has 100 valence electrons. The Balaban J connectivity index is 2.23. The fourth-order valence-electron chi connectivity index (χ4n) is 1.86. The van der Waals surface area contributed by atoms with Crippen molar-refractivity contribution in [3.8, 4) is 0 Å². The van der Waals surface area contributed by atoms with Gasteiger partial charge in [0.15, 0.2) is 0 Å². The summed E-state index contributed by atoms with van der Waals surface area (Å²) in [5.41, 5.74) is 3.36. The minimum atomic E-state index is -0.136. The van der Waals surface area contributed by atoms with Gasteiger partial charge in [-0.1, -0.05) is 41.1 Å². The maximum absolute atomic E-state index is 12.2. The summed E-state index contributed by atoms with van der Waals surface area (Å²) in [6.45, 7) is 2.02. The van der Waals surface area contributed by atoms with E-state index >= 15 is 0 Å². The van der Waals surface area contributed by atoms with Crippen LogP contribution < -0.4 is 5.32 Å². The summed E-state index contributed by atoms with van der Waals surface area (Å²) in [5.74, 6) is -0.136. The van der Waals surface area contributed by atoms with Gasteiger partial charge in [0.05, 0.1) is 5.69 Å². The first-order chi connectivity index (χ1) is 9.15. The molecule has 1 aromatic heterocycles. The van der Waals surface area contributed by atoms with E-state index in [9.17, 15) is 4.79 Å². The van der Waals surface area contributed by atoms with Crippen molar-refractivity contribution in [2.75, 3.05) is 5.32 Å². The molecule has 0 bridgehead atoms. The van der Waals surface area contributed by atoms with Gasteiger partial charge < -0.3 is 5.32 Å². The van der Waals surface area contributed by atoms with Gasteiger partial charge in [0.1, 0.15) is 5.69 Å². The minimum absolute atomic E-state index is 0.136. The molecule has 1 amide bonds. The number of aromatic nitrogens is 2. The van der Waals surface area contributed by atoms with E-state index in [-0.39, 0.29) is 5.91 Å². The normalized spacial score (nSPS) is 10.5. The van der Waals surface area contributed by atoms with Crippen LogP contribution in [-0.2, 0) is 18.8 Å². The highest BCUT2D eigenvalue weighted by atomic mass is 79.9. The Morgan fingerprint density at radius 2 is 2.16 bits per heavy atom. The SMILES string of the molecule is CCc1cc(C(=O)Nc2ccccc2CBr)n(C)n1. The van der Waals surface area contributed by atoms with E-state index in [1.807, 2.05) is 37.3 Å². The fraction of sp³-hybridized carbons (Fsp3) is 0.286. The highest BCUT2D eigenvalue weighted by Gasteiger charge is 2.13. The third-order valence-corrected chi connectivity index (χ3v) is 3.54. The number of carbonyl (C=O) groups is 1. The van der Waals surface area contributed by atoms with Gasteiger partial charge in [0.2, 0.25) is 0 Å². The number of anilines is 1. The average Bonchev–Trinajstić information content (AvgIpc) is 2.80. The van der Waals surface area contributed by atoms with E-state index in [1.165, 1.54) is 0 Å². The molecule has 0 radical (unpaired) electrons. The standard InChI is InChI=1S/C14H16BrN3O/c1-3-11-8-13(18(2)17-11)14(19)16-12-7-5-4-6-10(12)9-15/h4-8H,3,9H2,1-2H3,(H,16,19). The van der Waals surface area contributed by atoms with E-state index in [0.29, 0.717) is 11.0 Å². The number of nitrogens with zero attached hydrogens (tertiary/aromatic N) is 2. The van der Waals surface area contributed by atoms with Gasteiger partial charge in [-0.2, -0.15) is 5.10 Å². The van der Waals surface area contributed by atoms with Crippen molar-refractivity contribution < 1.29 is 4.79 Å². The third-order valence-electron chi connectivity index (χ3n) is 2.93. The van der Waals surface area contributed by atoms with Crippen molar-refractivity contribution in [2.45, 2.75) is 18.7 Å². The number of hydrogen-bond acceptors (Lipinski definition) is 2. The summed E-state index contributed by atoms with van der Waals surface area (Å²) in [4.78, 5) is 12.2. The molecule has 0 saturated heterocycles. The van der Waals surface area contributed by atoms with Crippen LogP contribution >= 0.6 is 15.9 Å². The molecule has 4 nitrogen and oxygen atoms in total. The number of amides is 1. The molecule has 0 aliphatic rings. The molecule has 0 saturated carbocycles. The minimum Gasteiger partial charge on any atom is -0.320 e. The maximum Gasteiger partial charge on any atom is 0.273 e. The van der Waals surface area contributed by atoms with Crippen molar-refractivity contribution in [3.05, 3.63) is 47.3 Å². The summed E-state index contributed by atoms with van der Waals surface area (Å²) >= 11 is 3.42. The lowest BCUT2D eigenvalue weighted by Crippen LogP contribution is -2.16. The lowest BCUT2D eigenvalue weighted by Gasteiger charge is -2.09. The second-order valence-electron chi connectivity index (χ2n) is 4.24. The molecule has 19 heavy (non-hydrogen) atoms. The van der Waals surface area contributed by atoms with E-state index in [2.05, 4.69) is 26.3 Å². The molecule has 2 rings (SSSR count). The Morgan fingerprint density at radius 1 is 1.42 bits per heavy atom. The van der Waals surface area contributed by atoms with Crippen LogP contribution in [0.25, 0.3) is 0 Å². The fourth-order valence-corrected chi connectivity index (χ4v) is 2.35. The van der Waals surface area contributed by atoms with E-state index in [0.717, 1.165) is 23.4 Å². The smallest absolute Gasteiger partial charge is 0.273 e. The molecule has 0 spiro atoms. The molecule has 0 unspecified atom stereocenters. The van der Waals surface area contributed by atoms with Crippen LogP contribution in [0.3, 0.4) is 0 Å². The second-order valence-corrected chi connectivity index (χ2v) is 4.80. The number of alkyl halides is 1. The molecular formula is C14H16BrN3O. The predicted octanol–water partition coefficient (Wildman–Crippen LogP) is 3.13. The number of para-hydroxylation sites is 1. The van der Waals surface area contributed by atoms with Gasteiger partial charge in [0, 0.05) is 18.1 Å². The van der Waals surface area contributed by atoms with Crippen LogP contribution in [0.2, 0.25) is 0 Å². The van der Waals surface area contributed by atoms with Crippen LogP contribution in [0.4, 0.5) is 5.69 Å². The predicted molar refractivity (Wildman–Crippen MR) is 79.6 cm³/mol. The Hall–Kier alpha value is -1.62. The molecular weight excluding hydrogens is 306 g/mol. The number of hydrogen-bond donors (Lipinski definition) is 1. The van der Waals surface area contributed by atoms with E-state index in [1.54, 1.807) is 11.7 Å². The second kappa shape index (κ2) is 6.02. The van der Waals surface area contributed by atoms with Crippen molar-refractivity contribution in [1.29, 1.82) is 0 Å². The van der Waals surface area contributed by atoms with E-state index in [4.69, 9.17) is 0 Å². The summed E-state index contributed by atoms with van der Waals surface area (Å²) in [5, 5.41) is 7.91. The molecule has 0 fully saturated rings. The van der Waals surface area contributed by atoms with Gasteiger partial charge in [0.25, 0.3) is 5.91 Å². The molecule has 5 heteroatoms. The lowest BCUT2D eigenvalue weighted by atomic mass is 10.2. The van der Waals surface area contributed by atoms with Crippen molar-refractivity contribution in [3.63, 3.8) is 0 Å². The zero-order valence-corrected chi connectivity index (χ0v) is 12.6.